The number of hydrogen-bond donors (Lipinski definition) is 6. The van der Waals surface area contributed by atoms with E-state index < -0.39 is 51.0 Å². The maximum Gasteiger partial charge on any atom is 0.472 e. The van der Waals surface area contributed by atoms with Crippen molar-refractivity contribution in [1.82, 2.24) is 5.32 Å². The number of aliphatic hydroxyl groups excluding tert-OH is 3. The Balaban J connectivity index is 2.92. The van der Waals surface area contributed by atoms with Crippen LogP contribution >= 0.6 is 7.82 Å². The van der Waals surface area contributed by atoms with Gasteiger partial charge in [0.05, 0.1) is 6.61 Å². The second-order valence-corrected chi connectivity index (χ2v) is 5.22. The van der Waals surface area contributed by atoms with E-state index in [0.717, 1.165) is 6.92 Å². The molecule has 1 saturated heterocycles. The molecule has 0 aromatic rings. The Hall–Kier alpha value is -0.580. The van der Waals surface area contributed by atoms with Gasteiger partial charge in [-0.3, -0.25) is 9.32 Å². The smallest absolute Gasteiger partial charge is 0.394 e. The lowest BCUT2D eigenvalue weighted by molar-refractivity contribution is -0.248. The van der Waals surface area contributed by atoms with E-state index >= 15 is 0 Å². The van der Waals surface area contributed by atoms with Crippen molar-refractivity contribution in [3.05, 3.63) is 0 Å². The fourth-order valence-electron chi connectivity index (χ4n) is 1.70. The quantitative estimate of drug-likeness (QED) is 0.297. The Kier molecular flexibility index (Phi) is 5.42. The zero-order valence-corrected chi connectivity index (χ0v) is 10.8. The van der Waals surface area contributed by atoms with Gasteiger partial charge in [0.15, 0.2) is 6.29 Å². The Labute approximate surface area is 108 Å². The Bertz CT molecular complexity index is 371. The van der Waals surface area contributed by atoms with Crippen molar-refractivity contribution in [2.45, 2.75) is 37.6 Å². The van der Waals surface area contributed by atoms with Gasteiger partial charge < -0.3 is 35.2 Å². The number of rotatable bonds is 4. The molecule has 6 N–H and O–H groups in total. The molecule has 1 rings (SSSR count). The van der Waals surface area contributed by atoms with Gasteiger partial charge in [0.1, 0.15) is 24.4 Å². The first-order valence-electron chi connectivity index (χ1n) is 5.29. The molecule has 0 aliphatic carbocycles. The van der Waals surface area contributed by atoms with E-state index in [9.17, 15) is 19.6 Å². The van der Waals surface area contributed by atoms with Gasteiger partial charge in [-0.15, -0.1) is 0 Å². The van der Waals surface area contributed by atoms with E-state index in [1.54, 1.807) is 0 Å². The van der Waals surface area contributed by atoms with E-state index in [0.29, 0.717) is 0 Å². The average molecular weight is 301 g/mol. The molecule has 0 spiro atoms. The third-order valence-corrected chi connectivity index (χ3v) is 2.97. The molecule has 1 fully saturated rings. The van der Waals surface area contributed by atoms with E-state index in [4.69, 9.17) is 19.6 Å². The second-order valence-electron chi connectivity index (χ2n) is 4.03. The molecule has 10 nitrogen and oxygen atoms in total. The molecular formula is C8H16NO9P. The highest BCUT2D eigenvalue weighted by Crippen LogP contribution is 2.40. The Morgan fingerprint density at radius 2 is 1.95 bits per heavy atom. The molecule has 1 amide bonds. The van der Waals surface area contributed by atoms with Gasteiger partial charge in [0.2, 0.25) is 5.91 Å². The summed E-state index contributed by atoms with van der Waals surface area (Å²) in [7, 11) is -4.95. The van der Waals surface area contributed by atoms with E-state index in [1.165, 1.54) is 0 Å². The van der Waals surface area contributed by atoms with Crippen molar-refractivity contribution in [3.8, 4) is 0 Å². The van der Waals surface area contributed by atoms with E-state index in [2.05, 4.69) is 9.84 Å². The van der Waals surface area contributed by atoms with Gasteiger partial charge in [-0.25, -0.2) is 4.57 Å². The maximum absolute atomic E-state index is 11.0. The van der Waals surface area contributed by atoms with Crippen molar-refractivity contribution >= 4 is 13.7 Å². The van der Waals surface area contributed by atoms with E-state index in [-0.39, 0.29) is 0 Å². The van der Waals surface area contributed by atoms with Crippen LogP contribution in [0.4, 0.5) is 0 Å². The summed E-state index contributed by atoms with van der Waals surface area (Å²) in [5.41, 5.74) is 0. The first-order chi connectivity index (χ1) is 8.65. The van der Waals surface area contributed by atoms with Crippen LogP contribution in [0.5, 0.6) is 0 Å². The first kappa shape index (κ1) is 16.5. The summed E-state index contributed by atoms with van der Waals surface area (Å²) >= 11 is 0. The number of hydrogen-bond acceptors (Lipinski definition) is 7. The molecule has 0 saturated carbocycles. The highest BCUT2D eigenvalue weighted by atomic mass is 31.2. The predicted octanol–water partition coefficient (Wildman–Crippen LogP) is -2.96. The largest absolute Gasteiger partial charge is 0.472 e. The van der Waals surface area contributed by atoms with Gasteiger partial charge in [-0.1, -0.05) is 0 Å². The predicted molar refractivity (Wildman–Crippen MR) is 58.5 cm³/mol. The van der Waals surface area contributed by atoms with Crippen molar-refractivity contribution in [3.63, 3.8) is 0 Å². The summed E-state index contributed by atoms with van der Waals surface area (Å²) in [5.74, 6) is -0.624. The highest BCUT2D eigenvalue weighted by molar-refractivity contribution is 7.46. The van der Waals surface area contributed by atoms with Crippen LogP contribution in [0.25, 0.3) is 0 Å². The van der Waals surface area contributed by atoms with Crippen molar-refractivity contribution in [2.24, 2.45) is 0 Å². The molecule has 1 heterocycles. The Morgan fingerprint density at radius 1 is 1.37 bits per heavy atom. The molecule has 4 unspecified atom stereocenters. The number of ether oxygens (including phenoxy) is 1. The van der Waals surface area contributed by atoms with Gasteiger partial charge in [-0.05, 0) is 0 Å². The molecule has 0 radical (unpaired) electrons. The lowest BCUT2D eigenvalue weighted by atomic mass is 9.97. The van der Waals surface area contributed by atoms with E-state index in [1.807, 2.05) is 0 Å². The highest BCUT2D eigenvalue weighted by Gasteiger charge is 2.47. The number of aliphatic hydroxyl groups is 3. The summed E-state index contributed by atoms with van der Waals surface area (Å²) in [6, 6.07) is -1.39. The van der Waals surface area contributed by atoms with Gasteiger partial charge >= 0.3 is 7.82 Å². The fourth-order valence-corrected chi connectivity index (χ4v) is 2.15. The van der Waals surface area contributed by atoms with Crippen molar-refractivity contribution in [2.75, 3.05) is 6.61 Å². The minimum Gasteiger partial charge on any atom is -0.394 e. The number of phosphoric acid groups is 1. The monoisotopic (exact) mass is 301 g/mol. The average Bonchev–Trinajstić information content (AvgIpc) is 2.26. The minimum absolute atomic E-state index is 0.624. The van der Waals surface area contributed by atoms with Crippen LogP contribution in [0.2, 0.25) is 0 Å². The molecule has 5 atom stereocenters. The molecule has 1 aliphatic heterocycles. The summed E-state index contributed by atoms with van der Waals surface area (Å²) < 4.78 is 20.0. The van der Waals surface area contributed by atoms with Crippen molar-refractivity contribution < 1.29 is 43.7 Å². The van der Waals surface area contributed by atoms with Crippen LogP contribution in [0.3, 0.4) is 0 Å². The Morgan fingerprint density at radius 3 is 2.37 bits per heavy atom. The lowest BCUT2D eigenvalue weighted by Gasteiger charge is -2.41. The van der Waals surface area contributed by atoms with Crippen LogP contribution in [0.15, 0.2) is 0 Å². The molecule has 11 heteroatoms. The number of nitrogens with one attached hydrogen (secondary N) is 1. The number of carbonyl (C=O) groups is 1. The second kappa shape index (κ2) is 6.25. The first-order valence-corrected chi connectivity index (χ1v) is 6.82. The lowest BCUT2D eigenvalue weighted by Crippen LogP contribution is -2.64. The zero-order valence-electron chi connectivity index (χ0n) is 9.91. The van der Waals surface area contributed by atoms with Crippen LogP contribution in [0.1, 0.15) is 6.92 Å². The molecule has 112 valence electrons. The topological polar surface area (TPSA) is 166 Å². The summed E-state index contributed by atoms with van der Waals surface area (Å²) in [5, 5.41) is 30.5. The molecule has 19 heavy (non-hydrogen) atoms. The third-order valence-electron chi connectivity index (χ3n) is 2.49. The third kappa shape index (κ3) is 4.48. The van der Waals surface area contributed by atoms with Crippen LogP contribution in [-0.2, 0) is 18.6 Å². The number of carbonyl (C=O) groups excluding carboxylic acids is 1. The van der Waals surface area contributed by atoms with Crippen LogP contribution in [0, 0.1) is 0 Å². The van der Waals surface area contributed by atoms with Crippen molar-refractivity contribution in [1.29, 1.82) is 0 Å². The van der Waals surface area contributed by atoms with Gasteiger partial charge in [-0.2, -0.15) is 0 Å². The van der Waals surface area contributed by atoms with Gasteiger partial charge in [0.25, 0.3) is 0 Å². The van der Waals surface area contributed by atoms with Gasteiger partial charge in [0, 0.05) is 6.92 Å². The standard InChI is InChI=1S/C8H16NO9P/c1-3(11)9-5-7(13)6(12)4(2-10)17-8(5)18-19(14,15)16/h4-8,10,12-13H,2H2,1H3,(H,9,11)(H2,14,15,16)/t4-,5?,6?,7?,8?/m1/s1. The maximum atomic E-state index is 11.0. The van der Waals surface area contributed by atoms with Crippen LogP contribution < -0.4 is 5.32 Å². The normalized spacial score (nSPS) is 36.0. The zero-order chi connectivity index (χ0) is 14.8. The summed E-state index contributed by atoms with van der Waals surface area (Å²) in [6.07, 6.45) is -6.17. The molecule has 0 aromatic carbocycles. The molecular weight excluding hydrogens is 285 g/mol. The summed E-state index contributed by atoms with van der Waals surface area (Å²) in [4.78, 5) is 28.4. The molecule has 0 aromatic heterocycles. The molecule has 1 aliphatic rings. The summed E-state index contributed by atoms with van der Waals surface area (Å²) in [6.45, 7) is 0.401. The fraction of sp³-hybridized carbons (Fsp3) is 0.875. The van der Waals surface area contributed by atoms with Crippen LogP contribution in [-0.4, -0.2) is 68.3 Å². The molecule has 0 bridgehead atoms. The number of amides is 1. The number of phosphoric ester groups is 1. The minimum atomic E-state index is -4.95. The SMILES string of the molecule is CC(=O)NC1C(OP(=O)(O)O)O[C@H](CO)C(O)C1O.